The van der Waals surface area contributed by atoms with Gasteiger partial charge in [0.05, 0.1) is 21.1 Å². The van der Waals surface area contributed by atoms with E-state index in [1.54, 1.807) is 31.2 Å². The Kier molecular flexibility index (Phi) is 17.0. The molecule has 0 aliphatic carbocycles. The van der Waals surface area contributed by atoms with Gasteiger partial charge in [0.2, 0.25) is 0 Å². The Morgan fingerprint density at radius 3 is 1.07 bits per heavy atom. The Hall–Kier alpha value is -9.50. The summed E-state index contributed by atoms with van der Waals surface area (Å²) in [5.41, 5.74) is 4.70. The molecule has 8 rings (SSSR count). The zero-order valence-electron chi connectivity index (χ0n) is 38.6. The van der Waals surface area contributed by atoms with Crippen LogP contribution >= 0.6 is 0 Å². The van der Waals surface area contributed by atoms with Crippen LogP contribution in [0.3, 0.4) is 0 Å². The molecule has 1 N–H and O–H groups in total. The lowest BCUT2D eigenvalue weighted by Crippen LogP contribution is -2.06. The number of nitro groups is 2. The summed E-state index contributed by atoms with van der Waals surface area (Å²) >= 11 is 0. The van der Waals surface area contributed by atoms with Crippen molar-refractivity contribution in [1.29, 1.82) is 0 Å². The molecular weight excluding hydrogens is 907 g/mol. The number of Topliss-reactive ketones (excluding diaryl/α,β-unsaturated/α-hetero) is 1. The van der Waals surface area contributed by atoms with E-state index in [2.05, 4.69) is 5.16 Å². The summed E-state index contributed by atoms with van der Waals surface area (Å²) in [7, 11) is 0. The third-order valence-electron chi connectivity index (χ3n) is 10.5. The molecular formula is C56H47N3O12. The maximum Gasteiger partial charge on any atom is 0.269 e. The predicted molar refractivity (Wildman–Crippen MR) is 266 cm³/mol. The first-order valence-corrected chi connectivity index (χ1v) is 22.1. The van der Waals surface area contributed by atoms with Crippen molar-refractivity contribution in [3.05, 3.63) is 248 Å². The highest BCUT2D eigenvalue weighted by Gasteiger charge is 2.22. The normalized spacial score (nSPS) is 10.8. The van der Waals surface area contributed by atoms with Crippen LogP contribution in [0.5, 0.6) is 46.0 Å². The van der Waals surface area contributed by atoms with Crippen molar-refractivity contribution >= 4 is 22.9 Å². The van der Waals surface area contributed by atoms with Crippen LogP contribution in [0, 0.1) is 20.2 Å². The molecule has 15 heteroatoms. The number of hydrogen-bond donors (Lipinski definition) is 1. The second kappa shape index (κ2) is 24.5. The van der Waals surface area contributed by atoms with Crippen molar-refractivity contribution in [2.45, 2.75) is 40.3 Å². The molecule has 0 atom stereocenters. The summed E-state index contributed by atoms with van der Waals surface area (Å²) in [6.45, 7) is 4.21. The largest absolute Gasteiger partial charge is 0.489 e. The molecule has 358 valence electrons. The van der Waals surface area contributed by atoms with Gasteiger partial charge in [-0.3, -0.25) is 25.0 Å². The van der Waals surface area contributed by atoms with E-state index in [1.807, 2.05) is 121 Å². The zero-order chi connectivity index (χ0) is 50.0. The van der Waals surface area contributed by atoms with Crippen LogP contribution < -0.4 is 28.4 Å². The quantitative estimate of drug-likeness (QED) is 0.0250. The highest BCUT2D eigenvalue weighted by atomic mass is 16.6. The fourth-order valence-corrected chi connectivity index (χ4v) is 6.92. The van der Waals surface area contributed by atoms with Gasteiger partial charge in [0.1, 0.15) is 78.0 Å². The van der Waals surface area contributed by atoms with Crippen LogP contribution in [0.15, 0.2) is 199 Å². The van der Waals surface area contributed by atoms with Gasteiger partial charge in [-0.2, -0.15) is 0 Å². The molecule has 0 unspecified atom stereocenters. The number of rotatable bonds is 20. The lowest BCUT2D eigenvalue weighted by molar-refractivity contribution is -0.385. The molecule has 0 spiro atoms. The number of benzene rings is 8. The number of carbonyl (C=O) groups excluding carboxylic acids is 1. The number of nitro benzene ring substituents is 2. The van der Waals surface area contributed by atoms with Crippen molar-refractivity contribution in [2.75, 3.05) is 0 Å². The first-order chi connectivity index (χ1) is 34.5. The highest BCUT2D eigenvalue weighted by molar-refractivity contribution is 6.03. The van der Waals surface area contributed by atoms with Crippen LogP contribution in [-0.4, -0.2) is 26.5 Å². The molecule has 0 aromatic heterocycles. The summed E-state index contributed by atoms with van der Waals surface area (Å²) in [5, 5.41) is 34.9. The third kappa shape index (κ3) is 14.3. The standard InChI is InChI=1S/C28H24N2O6.C28H23NO6/c1-20(29-31)28-26(35-19-22-10-6-3-7-11-22)16-25(34-18-21-8-4-2-5-9-21)17-27(28)36-24-14-12-23(13-15-24)30(32)33;1-20(30)28-26(34-19-22-10-6-3-7-11-22)16-25(33-18-21-8-4-2-5-9-21)17-27(28)35-24-14-12-23(13-15-24)29(31)32/h2-17,31H,18-19H2,1H3;2-17H,18-19H2,1H3. The number of ether oxygens (including phenoxy) is 6. The fourth-order valence-electron chi connectivity index (χ4n) is 6.92. The molecule has 0 aliphatic heterocycles. The van der Waals surface area contributed by atoms with Crippen LogP contribution in [0.2, 0.25) is 0 Å². The van der Waals surface area contributed by atoms with Crippen molar-refractivity contribution in [2.24, 2.45) is 5.16 Å². The SMILES string of the molecule is CC(=NO)c1c(OCc2ccccc2)cc(OCc2ccccc2)cc1Oc1ccc([N+](=O)[O-])cc1.CC(=O)c1c(OCc2ccccc2)cc(OCc2ccccc2)cc1Oc1ccc([N+](=O)[O-])cc1. The summed E-state index contributed by atoms with van der Waals surface area (Å²) < 4.78 is 36.2. The van der Waals surface area contributed by atoms with E-state index in [9.17, 15) is 30.2 Å². The number of ketones is 1. The smallest absolute Gasteiger partial charge is 0.269 e. The molecule has 8 aromatic carbocycles. The summed E-state index contributed by atoms with van der Waals surface area (Å²) in [6.07, 6.45) is 0. The maximum atomic E-state index is 12.6. The van der Waals surface area contributed by atoms with Gasteiger partial charge in [-0.15, -0.1) is 0 Å². The van der Waals surface area contributed by atoms with E-state index in [4.69, 9.17) is 28.4 Å². The molecule has 0 saturated carbocycles. The van der Waals surface area contributed by atoms with Gasteiger partial charge >= 0.3 is 0 Å². The van der Waals surface area contributed by atoms with E-state index >= 15 is 0 Å². The average Bonchev–Trinajstić information content (AvgIpc) is 3.39. The Bertz CT molecular complexity index is 3070. The molecule has 0 bridgehead atoms. The van der Waals surface area contributed by atoms with Crippen molar-refractivity contribution in [1.82, 2.24) is 0 Å². The van der Waals surface area contributed by atoms with E-state index in [-0.39, 0.29) is 47.4 Å². The van der Waals surface area contributed by atoms with Gasteiger partial charge < -0.3 is 33.6 Å². The minimum absolute atomic E-state index is 0.0532. The maximum absolute atomic E-state index is 12.6. The Morgan fingerprint density at radius 1 is 0.437 bits per heavy atom. The number of nitrogens with zero attached hydrogens (tertiary/aromatic N) is 3. The van der Waals surface area contributed by atoms with Gasteiger partial charge in [0.25, 0.3) is 11.4 Å². The number of oxime groups is 1. The van der Waals surface area contributed by atoms with Gasteiger partial charge in [-0.25, -0.2) is 0 Å². The van der Waals surface area contributed by atoms with Crippen molar-refractivity contribution < 1.29 is 48.3 Å². The van der Waals surface area contributed by atoms with E-state index in [1.165, 1.54) is 55.5 Å². The average molecular weight is 954 g/mol. The molecule has 0 saturated heterocycles. The zero-order valence-corrected chi connectivity index (χ0v) is 38.6. The molecule has 71 heavy (non-hydrogen) atoms. The summed E-state index contributed by atoms with van der Waals surface area (Å²) in [4.78, 5) is 33.6. The van der Waals surface area contributed by atoms with Gasteiger partial charge in [0, 0.05) is 48.5 Å². The van der Waals surface area contributed by atoms with Crippen LogP contribution in [-0.2, 0) is 26.4 Å². The van der Waals surface area contributed by atoms with E-state index in [0.717, 1.165) is 22.3 Å². The molecule has 0 aliphatic rings. The van der Waals surface area contributed by atoms with Gasteiger partial charge in [0.15, 0.2) is 5.78 Å². The van der Waals surface area contributed by atoms with Crippen LogP contribution in [0.4, 0.5) is 11.4 Å². The predicted octanol–water partition coefficient (Wildman–Crippen LogP) is 13.5. The topological polar surface area (TPSA) is 191 Å². The lowest BCUT2D eigenvalue weighted by atomic mass is 10.1. The van der Waals surface area contributed by atoms with E-state index < -0.39 is 9.85 Å². The minimum Gasteiger partial charge on any atom is -0.489 e. The molecule has 0 fully saturated rings. The molecule has 15 nitrogen and oxygen atoms in total. The second-order valence-electron chi connectivity index (χ2n) is 15.6. The first-order valence-electron chi connectivity index (χ1n) is 22.1. The van der Waals surface area contributed by atoms with Crippen LogP contribution in [0.1, 0.15) is 52.0 Å². The van der Waals surface area contributed by atoms with Gasteiger partial charge in [-0.05, 0) is 60.4 Å². The van der Waals surface area contributed by atoms with Crippen LogP contribution in [0.25, 0.3) is 0 Å². The fraction of sp³-hybridized carbons (Fsp3) is 0.107. The number of hydrogen-bond acceptors (Lipinski definition) is 13. The number of non-ortho nitro benzene ring substituents is 2. The van der Waals surface area contributed by atoms with E-state index in [0.29, 0.717) is 59.0 Å². The van der Waals surface area contributed by atoms with Gasteiger partial charge in [-0.1, -0.05) is 126 Å². The van der Waals surface area contributed by atoms with Crippen molar-refractivity contribution in [3.8, 4) is 46.0 Å². The first kappa shape index (κ1) is 49.4. The van der Waals surface area contributed by atoms with Crippen molar-refractivity contribution in [3.63, 3.8) is 0 Å². The second-order valence-corrected chi connectivity index (χ2v) is 15.6. The molecule has 0 amide bonds. The summed E-state index contributed by atoms with van der Waals surface area (Å²) in [5.74, 6) is 2.66. The Labute approximate surface area is 409 Å². The molecule has 0 heterocycles. The lowest BCUT2D eigenvalue weighted by Gasteiger charge is -2.18. The molecule has 0 radical (unpaired) electrons. The highest BCUT2D eigenvalue weighted by Crippen LogP contribution is 2.40. The minimum atomic E-state index is -0.488. The molecule has 8 aromatic rings. The number of carbonyl (C=O) groups is 1. The Morgan fingerprint density at radius 2 is 0.746 bits per heavy atom. The Balaban J connectivity index is 0.000000209. The monoisotopic (exact) mass is 953 g/mol. The summed E-state index contributed by atoms with van der Waals surface area (Å²) in [6, 6.07) is 56.6. The third-order valence-corrected chi connectivity index (χ3v) is 10.5.